The molecular formula is C20H28N4OS. The fourth-order valence-corrected chi connectivity index (χ4v) is 7.80. The first-order chi connectivity index (χ1) is 12.7. The quantitative estimate of drug-likeness (QED) is 0.813. The number of carbonyl (C=O) groups excluding carboxylic acids is 1. The van der Waals surface area contributed by atoms with Crippen molar-refractivity contribution < 1.29 is 4.79 Å². The number of thioether (sulfide) groups is 1. The van der Waals surface area contributed by atoms with Crippen molar-refractivity contribution >= 4 is 23.6 Å². The maximum absolute atomic E-state index is 12.8. The van der Waals surface area contributed by atoms with Gasteiger partial charge in [0.2, 0.25) is 11.9 Å². The third kappa shape index (κ3) is 3.21. The predicted octanol–water partition coefficient (Wildman–Crippen LogP) is 2.83. The number of anilines is 1. The smallest absolute Gasteiger partial charge is 0.232 e. The third-order valence-electron chi connectivity index (χ3n) is 6.95. The summed E-state index contributed by atoms with van der Waals surface area (Å²) in [5.74, 6) is 4.66. The monoisotopic (exact) mass is 372 g/mol. The SMILES string of the molecule is O=C(CSC12CC3CC(CC(C3)C1)C2)N1CCN(c2ncccn2)CC1. The van der Waals surface area contributed by atoms with E-state index in [1.165, 1.54) is 38.5 Å². The summed E-state index contributed by atoms with van der Waals surface area (Å²) in [6, 6.07) is 1.84. The Hall–Kier alpha value is -1.30. The van der Waals surface area contributed by atoms with Gasteiger partial charge in [0.1, 0.15) is 0 Å². The Morgan fingerprint density at radius 1 is 1.00 bits per heavy atom. The molecule has 5 fully saturated rings. The van der Waals surface area contributed by atoms with Crippen LogP contribution < -0.4 is 4.90 Å². The lowest BCUT2D eigenvalue weighted by Gasteiger charge is -2.56. The van der Waals surface area contributed by atoms with E-state index in [1.54, 1.807) is 12.4 Å². The molecule has 0 spiro atoms. The highest BCUT2D eigenvalue weighted by Gasteiger charge is 2.51. The third-order valence-corrected chi connectivity index (χ3v) is 8.45. The summed E-state index contributed by atoms with van der Waals surface area (Å²) in [6.45, 7) is 3.24. The van der Waals surface area contributed by atoms with E-state index in [0.717, 1.165) is 49.9 Å². The lowest BCUT2D eigenvalue weighted by Crippen LogP contribution is -2.51. The summed E-state index contributed by atoms with van der Waals surface area (Å²) in [6.07, 6.45) is 12.1. The molecule has 1 aliphatic heterocycles. The summed E-state index contributed by atoms with van der Waals surface area (Å²) in [4.78, 5) is 25.7. The van der Waals surface area contributed by atoms with Crippen molar-refractivity contribution in [2.45, 2.75) is 43.3 Å². The molecule has 0 N–H and O–H groups in total. The summed E-state index contributed by atoms with van der Waals surface area (Å²) in [5.41, 5.74) is 0. The van der Waals surface area contributed by atoms with Crippen LogP contribution in [0.1, 0.15) is 38.5 Å². The molecule has 4 aliphatic carbocycles. The highest BCUT2D eigenvalue weighted by Crippen LogP contribution is 2.60. The molecule has 4 bridgehead atoms. The second-order valence-corrected chi connectivity index (χ2v) is 10.2. The first-order valence-electron chi connectivity index (χ1n) is 10.1. The minimum absolute atomic E-state index is 0.333. The van der Waals surface area contributed by atoms with Gasteiger partial charge in [0.05, 0.1) is 5.75 Å². The van der Waals surface area contributed by atoms with E-state index in [1.807, 2.05) is 22.7 Å². The molecule has 1 aromatic rings. The molecule has 1 saturated heterocycles. The van der Waals surface area contributed by atoms with Crippen LogP contribution in [0.25, 0.3) is 0 Å². The maximum Gasteiger partial charge on any atom is 0.232 e. The summed E-state index contributed by atoms with van der Waals surface area (Å²) >= 11 is 2.00. The van der Waals surface area contributed by atoms with Crippen LogP contribution in [0.2, 0.25) is 0 Å². The van der Waals surface area contributed by atoms with Crippen molar-refractivity contribution in [1.82, 2.24) is 14.9 Å². The van der Waals surface area contributed by atoms with Crippen LogP contribution in [0.3, 0.4) is 0 Å². The molecule has 1 aromatic heterocycles. The van der Waals surface area contributed by atoms with Crippen molar-refractivity contribution in [1.29, 1.82) is 0 Å². The fourth-order valence-electron chi connectivity index (χ4n) is 6.12. The Morgan fingerprint density at radius 3 is 2.15 bits per heavy atom. The van der Waals surface area contributed by atoms with Gasteiger partial charge in [-0.2, -0.15) is 0 Å². The van der Waals surface area contributed by atoms with Crippen LogP contribution >= 0.6 is 11.8 Å². The van der Waals surface area contributed by atoms with E-state index < -0.39 is 0 Å². The molecular weight excluding hydrogens is 344 g/mol. The molecule has 0 unspecified atom stereocenters. The number of piperazine rings is 1. The topological polar surface area (TPSA) is 49.3 Å². The normalized spacial score (nSPS) is 35.8. The molecule has 0 radical (unpaired) electrons. The molecule has 6 heteroatoms. The van der Waals surface area contributed by atoms with E-state index in [9.17, 15) is 4.79 Å². The van der Waals surface area contributed by atoms with Crippen LogP contribution in [-0.2, 0) is 4.79 Å². The average Bonchev–Trinajstić information content (AvgIpc) is 2.66. The molecule has 6 rings (SSSR count). The maximum atomic E-state index is 12.8. The molecule has 1 amide bonds. The second kappa shape index (κ2) is 6.70. The van der Waals surface area contributed by atoms with E-state index in [4.69, 9.17) is 0 Å². The second-order valence-electron chi connectivity index (χ2n) is 8.81. The van der Waals surface area contributed by atoms with E-state index in [2.05, 4.69) is 14.9 Å². The predicted molar refractivity (Wildman–Crippen MR) is 104 cm³/mol. The van der Waals surface area contributed by atoms with E-state index >= 15 is 0 Å². The first-order valence-corrected chi connectivity index (χ1v) is 11.1. The molecule has 0 atom stereocenters. The van der Waals surface area contributed by atoms with Crippen LogP contribution in [0.4, 0.5) is 5.95 Å². The van der Waals surface area contributed by atoms with Crippen LogP contribution in [0.5, 0.6) is 0 Å². The molecule has 5 aliphatic rings. The zero-order valence-electron chi connectivity index (χ0n) is 15.3. The van der Waals surface area contributed by atoms with Crippen LogP contribution in [-0.4, -0.2) is 57.5 Å². The average molecular weight is 373 g/mol. The van der Waals surface area contributed by atoms with Gasteiger partial charge in [-0.05, 0) is 62.3 Å². The van der Waals surface area contributed by atoms with Crippen molar-refractivity contribution in [3.63, 3.8) is 0 Å². The number of hydrogen-bond acceptors (Lipinski definition) is 5. The lowest BCUT2D eigenvalue weighted by molar-refractivity contribution is -0.128. The number of carbonyl (C=O) groups is 1. The van der Waals surface area contributed by atoms with E-state index in [-0.39, 0.29) is 0 Å². The van der Waals surface area contributed by atoms with Gasteiger partial charge < -0.3 is 9.80 Å². The molecule has 0 aromatic carbocycles. The van der Waals surface area contributed by atoms with Crippen molar-refractivity contribution in [3.8, 4) is 0 Å². The Labute approximate surface area is 159 Å². The number of amides is 1. The summed E-state index contributed by atoms with van der Waals surface area (Å²) in [7, 11) is 0. The summed E-state index contributed by atoms with van der Waals surface area (Å²) < 4.78 is 0.435. The van der Waals surface area contributed by atoms with Crippen molar-refractivity contribution in [3.05, 3.63) is 18.5 Å². The van der Waals surface area contributed by atoms with Crippen molar-refractivity contribution in [2.24, 2.45) is 17.8 Å². The minimum atomic E-state index is 0.333. The Morgan fingerprint density at radius 2 is 1.58 bits per heavy atom. The molecule has 26 heavy (non-hydrogen) atoms. The van der Waals surface area contributed by atoms with Gasteiger partial charge in [0, 0.05) is 43.3 Å². The van der Waals surface area contributed by atoms with Crippen LogP contribution in [0, 0.1) is 17.8 Å². The standard InChI is InChI=1S/C20H28N4OS/c25-18(23-4-6-24(7-5-23)19-21-2-1-3-22-19)14-26-20-11-15-8-16(12-20)10-17(9-15)13-20/h1-3,15-17H,4-14H2. The Balaban J connectivity index is 1.14. The number of hydrogen-bond donors (Lipinski definition) is 0. The first kappa shape index (κ1) is 16.8. The Kier molecular flexibility index (Phi) is 4.34. The number of aromatic nitrogens is 2. The van der Waals surface area contributed by atoms with Gasteiger partial charge in [-0.1, -0.05) is 0 Å². The molecule has 2 heterocycles. The minimum Gasteiger partial charge on any atom is -0.338 e. The van der Waals surface area contributed by atoms with Gasteiger partial charge in [-0.25, -0.2) is 9.97 Å². The van der Waals surface area contributed by atoms with Gasteiger partial charge in [0.25, 0.3) is 0 Å². The highest BCUT2D eigenvalue weighted by molar-refractivity contribution is 8.01. The highest BCUT2D eigenvalue weighted by atomic mass is 32.2. The lowest BCUT2D eigenvalue weighted by atomic mass is 9.56. The molecule has 140 valence electrons. The van der Waals surface area contributed by atoms with Gasteiger partial charge in [-0.15, -0.1) is 11.8 Å². The Bertz CT molecular complexity index is 624. The number of rotatable bonds is 4. The number of nitrogens with zero attached hydrogens (tertiary/aromatic N) is 4. The largest absolute Gasteiger partial charge is 0.338 e. The fraction of sp³-hybridized carbons (Fsp3) is 0.750. The zero-order valence-corrected chi connectivity index (χ0v) is 16.2. The van der Waals surface area contributed by atoms with Crippen LogP contribution in [0.15, 0.2) is 18.5 Å². The van der Waals surface area contributed by atoms with Gasteiger partial charge in [0.15, 0.2) is 0 Å². The molecule has 4 saturated carbocycles. The van der Waals surface area contributed by atoms with Gasteiger partial charge in [-0.3, -0.25) is 4.79 Å². The zero-order chi connectivity index (χ0) is 17.6. The van der Waals surface area contributed by atoms with Gasteiger partial charge >= 0.3 is 0 Å². The molecule has 5 nitrogen and oxygen atoms in total. The van der Waals surface area contributed by atoms with Crippen molar-refractivity contribution in [2.75, 3.05) is 36.8 Å². The van der Waals surface area contributed by atoms with E-state index in [0.29, 0.717) is 16.4 Å². The summed E-state index contributed by atoms with van der Waals surface area (Å²) in [5, 5.41) is 0.